The monoisotopic (exact) mass is 449 g/mol. The smallest absolute Gasteiger partial charge is 0.0742 e. The van der Waals surface area contributed by atoms with Gasteiger partial charge >= 0.3 is 0 Å². The van der Waals surface area contributed by atoms with Crippen LogP contribution in [0.25, 0.3) is 0 Å². The number of hydrogen-bond acceptors (Lipinski definition) is 2. The fourth-order valence-electron chi connectivity index (χ4n) is 1.97. The Hall–Kier alpha value is -0.170. The number of hydrogen-bond donors (Lipinski definition) is 1. The number of halogens is 3. The third-order valence-electron chi connectivity index (χ3n) is 2.81. The molecule has 102 valence electrons. The van der Waals surface area contributed by atoms with Crippen LogP contribution < -0.4 is 5.73 Å². The summed E-state index contributed by atoms with van der Waals surface area (Å²) in [5.41, 5.74) is 8.42. The summed E-state index contributed by atoms with van der Waals surface area (Å²) in [7, 11) is 0. The van der Waals surface area contributed by atoms with Crippen molar-refractivity contribution in [2.24, 2.45) is 5.73 Å². The minimum absolute atomic E-state index is 0.229. The molecule has 0 bridgehead atoms. The Labute approximate surface area is 137 Å². The summed E-state index contributed by atoms with van der Waals surface area (Å²) in [5, 5.41) is 4.37. The van der Waals surface area contributed by atoms with Crippen LogP contribution in [0.4, 0.5) is 0 Å². The third kappa shape index (κ3) is 3.29. The second kappa shape index (κ2) is 6.08. The lowest BCUT2D eigenvalue weighted by Gasteiger charge is -2.18. The van der Waals surface area contributed by atoms with Gasteiger partial charge in [-0.2, -0.15) is 5.10 Å². The molecule has 0 aliphatic carbocycles. The van der Waals surface area contributed by atoms with Crippen LogP contribution >= 0.6 is 47.8 Å². The Balaban J connectivity index is 2.49. The second-order valence-electron chi connectivity index (χ2n) is 4.60. The van der Waals surface area contributed by atoms with E-state index in [1.165, 1.54) is 0 Å². The van der Waals surface area contributed by atoms with Crippen molar-refractivity contribution in [2.45, 2.75) is 25.9 Å². The second-order valence-corrected chi connectivity index (χ2v) is 7.28. The molecule has 1 aromatic heterocycles. The van der Waals surface area contributed by atoms with E-state index in [0.29, 0.717) is 0 Å². The van der Waals surface area contributed by atoms with Crippen molar-refractivity contribution in [2.75, 3.05) is 0 Å². The van der Waals surface area contributed by atoms with E-state index >= 15 is 0 Å². The molecule has 0 aliphatic heterocycles. The van der Waals surface area contributed by atoms with E-state index in [0.717, 1.165) is 24.7 Å². The summed E-state index contributed by atoms with van der Waals surface area (Å²) in [4.78, 5) is 0. The molecule has 3 nitrogen and oxygen atoms in total. The minimum Gasteiger partial charge on any atom is -0.319 e. The summed E-state index contributed by atoms with van der Waals surface area (Å²) in [6.07, 6.45) is 1.79. The number of rotatable bonds is 3. The normalized spacial score (nSPS) is 13.0. The van der Waals surface area contributed by atoms with E-state index in [1.807, 2.05) is 22.9 Å². The molecule has 0 saturated carbocycles. The lowest BCUT2D eigenvalue weighted by molar-refractivity contribution is 0.498. The summed E-state index contributed by atoms with van der Waals surface area (Å²) in [5.74, 6) is 0. The SMILES string of the molecule is CC(C)n1ncc(Br)c1C(N)c1cc(Br)cc(Br)c1. The van der Waals surface area contributed by atoms with E-state index in [2.05, 4.69) is 66.7 Å². The topological polar surface area (TPSA) is 43.8 Å². The highest BCUT2D eigenvalue weighted by Gasteiger charge is 2.20. The quantitative estimate of drug-likeness (QED) is 0.728. The van der Waals surface area contributed by atoms with Crippen molar-refractivity contribution in [3.63, 3.8) is 0 Å². The molecular weight excluding hydrogens is 438 g/mol. The Morgan fingerprint density at radius 1 is 1.11 bits per heavy atom. The van der Waals surface area contributed by atoms with Gasteiger partial charge in [0.05, 0.1) is 22.4 Å². The van der Waals surface area contributed by atoms with Gasteiger partial charge in [-0.1, -0.05) is 31.9 Å². The maximum atomic E-state index is 6.41. The van der Waals surface area contributed by atoms with Gasteiger partial charge in [0.1, 0.15) is 0 Å². The number of nitrogens with two attached hydrogens (primary N) is 1. The van der Waals surface area contributed by atoms with Gasteiger partial charge in [0.2, 0.25) is 0 Å². The van der Waals surface area contributed by atoms with Crippen molar-refractivity contribution in [3.05, 3.63) is 49.1 Å². The highest BCUT2D eigenvalue weighted by Crippen LogP contribution is 2.31. The lowest BCUT2D eigenvalue weighted by Crippen LogP contribution is -2.19. The zero-order valence-electron chi connectivity index (χ0n) is 10.6. The standard InChI is InChI=1S/C13H14Br3N3/c1-7(2)19-13(11(16)6-18-19)12(17)8-3-9(14)5-10(15)4-8/h3-7,12H,17H2,1-2H3. The zero-order chi connectivity index (χ0) is 14.2. The molecule has 2 N–H and O–H groups in total. The zero-order valence-corrected chi connectivity index (χ0v) is 15.3. The predicted octanol–water partition coefficient (Wildman–Crippen LogP) is 4.80. The first-order valence-corrected chi connectivity index (χ1v) is 8.22. The molecule has 2 rings (SSSR count). The van der Waals surface area contributed by atoms with Crippen molar-refractivity contribution < 1.29 is 0 Å². The van der Waals surface area contributed by atoms with Crippen LogP contribution in [0.5, 0.6) is 0 Å². The molecule has 0 spiro atoms. The lowest BCUT2D eigenvalue weighted by atomic mass is 10.0. The Morgan fingerprint density at radius 2 is 1.68 bits per heavy atom. The van der Waals surface area contributed by atoms with Gasteiger partial charge < -0.3 is 5.73 Å². The van der Waals surface area contributed by atoms with Crippen LogP contribution in [0.1, 0.15) is 37.2 Å². The largest absolute Gasteiger partial charge is 0.319 e. The van der Waals surface area contributed by atoms with E-state index in [1.54, 1.807) is 6.20 Å². The third-order valence-corrected chi connectivity index (χ3v) is 4.34. The van der Waals surface area contributed by atoms with E-state index in [4.69, 9.17) is 5.73 Å². The van der Waals surface area contributed by atoms with Crippen molar-refractivity contribution in [3.8, 4) is 0 Å². The number of aromatic nitrogens is 2. The molecule has 19 heavy (non-hydrogen) atoms. The van der Waals surface area contributed by atoms with Crippen LogP contribution in [0.3, 0.4) is 0 Å². The van der Waals surface area contributed by atoms with Gasteiger partial charge in [-0.15, -0.1) is 0 Å². The molecule has 0 fully saturated rings. The fourth-order valence-corrected chi connectivity index (χ4v) is 3.81. The first-order valence-electron chi connectivity index (χ1n) is 5.84. The first-order chi connectivity index (χ1) is 8.90. The first kappa shape index (κ1) is 15.2. The minimum atomic E-state index is -0.229. The Bertz CT molecular complexity index is 573. The van der Waals surface area contributed by atoms with Crippen LogP contribution in [0.15, 0.2) is 37.8 Å². The highest BCUT2D eigenvalue weighted by molar-refractivity contribution is 9.11. The average molecular weight is 452 g/mol. The molecular formula is C13H14Br3N3. The van der Waals surface area contributed by atoms with Gasteiger partial charge in [0.25, 0.3) is 0 Å². The summed E-state index contributed by atoms with van der Waals surface area (Å²) >= 11 is 10.5. The highest BCUT2D eigenvalue weighted by atomic mass is 79.9. The van der Waals surface area contributed by atoms with Gasteiger partial charge in [0.15, 0.2) is 0 Å². The van der Waals surface area contributed by atoms with Gasteiger partial charge in [-0.3, -0.25) is 4.68 Å². The molecule has 6 heteroatoms. The molecule has 0 radical (unpaired) electrons. The summed E-state index contributed by atoms with van der Waals surface area (Å²) < 4.78 is 4.88. The fraction of sp³-hybridized carbons (Fsp3) is 0.308. The van der Waals surface area contributed by atoms with Crippen LogP contribution in [-0.2, 0) is 0 Å². The number of benzene rings is 1. The Kier molecular flexibility index (Phi) is 4.87. The van der Waals surface area contributed by atoms with Crippen molar-refractivity contribution in [1.29, 1.82) is 0 Å². The molecule has 0 amide bonds. The molecule has 2 aromatic rings. The average Bonchev–Trinajstić information content (AvgIpc) is 2.69. The maximum Gasteiger partial charge on any atom is 0.0742 e. The van der Waals surface area contributed by atoms with Crippen LogP contribution in [-0.4, -0.2) is 9.78 Å². The van der Waals surface area contributed by atoms with E-state index < -0.39 is 0 Å². The summed E-state index contributed by atoms with van der Waals surface area (Å²) in [6, 6.07) is 6.08. The van der Waals surface area contributed by atoms with Crippen molar-refractivity contribution >= 4 is 47.8 Å². The van der Waals surface area contributed by atoms with Crippen LogP contribution in [0, 0.1) is 0 Å². The van der Waals surface area contributed by atoms with Gasteiger partial charge in [-0.05, 0) is 53.5 Å². The summed E-state index contributed by atoms with van der Waals surface area (Å²) in [6.45, 7) is 4.18. The van der Waals surface area contributed by atoms with Crippen molar-refractivity contribution in [1.82, 2.24) is 9.78 Å². The molecule has 1 atom stereocenters. The number of nitrogens with zero attached hydrogens (tertiary/aromatic N) is 2. The predicted molar refractivity (Wildman–Crippen MR) is 88.2 cm³/mol. The van der Waals surface area contributed by atoms with Gasteiger partial charge in [-0.25, -0.2) is 0 Å². The molecule has 0 saturated heterocycles. The van der Waals surface area contributed by atoms with Crippen LogP contribution in [0.2, 0.25) is 0 Å². The molecule has 1 unspecified atom stereocenters. The molecule has 0 aliphatic rings. The van der Waals surface area contributed by atoms with E-state index in [-0.39, 0.29) is 12.1 Å². The van der Waals surface area contributed by atoms with E-state index in [9.17, 15) is 0 Å². The van der Waals surface area contributed by atoms with Gasteiger partial charge in [0, 0.05) is 15.0 Å². The molecule has 1 aromatic carbocycles. The Morgan fingerprint density at radius 3 is 2.21 bits per heavy atom. The molecule has 1 heterocycles. The maximum absolute atomic E-state index is 6.41.